The van der Waals surface area contributed by atoms with Crippen molar-refractivity contribution in [3.05, 3.63) is 158 Å². The third-order valence-electron chi connectivity index (χ3n) is 12.7. The third kappa shape index (κ3) is 61.9. The molecule has 0 bridgehead atoms. The molecule has 0 rings (SSSR count). The Morgan fingerprint density at radius 2 is 0.526 bits per heavy atom. The molecule has 438 valence electrons. The minimum absolute atomic E-state index is 0.105. The molecule has 0 aliphatic heterocycles. The molecule has 0 amide bonds. The summed E-state index contributed by atoms with van der Waals surface area (Å²) in [7, 11) is 0. The van der Waals surface area contributed by atoms with E-state index < -0.39 is 6.10 Å². The zero-order valence-electron chi connectivity index (χ0n) is 50.1. The highest BCUT2D eigenvalue weighted by molar-refractivity contribution is 5.71. The van der Waals surface area contributed by atoms with Crippen LogP contribution in [0.3, 0.4) is 0 Å². The van der Waals surface area contributed by atoms with Crippen LogP contribution in [0.1, 0.15) is 258 Å². The second-order valence-electron chi connectivity index (χ2n) is 20.2. The summed E-state index contributed by atoms with van der Waals surface area (Å²) in [6.07, 6.45) is 93.9. The lowest BCUT2D eigenvalue weighted by Crippen LogP contribution is -2.30. The highest BCUT2D eigenvalue weighted by Gasteiger charge is 2.19. The van der Waals surface area contributed by atoms with Gasteiger partial charge in [-0.25, -0.2) is 0 Å². The van der Waals surface area contributed by atoms with Crippen molar-refractivity contribution < 1.29 is 28.6 Å². The largest absolute Gasteiger partial charge is 0.462 e. The zero-order valence-corrected chi connectivity index (χ0v) is 50.1. The van der Waals surface area contributed by atoms with Crippen LogP contribution in [-0.2, 0) is 28.6 Å². The summed E-state index contributed by atoms with van der Waals surface area (Å²) in [6.45, 7) is 6.38. The summed E-state index contributed by atoms with van der Waals surface area (Å²) >= 11 is 0. The highest BCUT2D eigenvalue weighted by Crippen LogP contribution is 2.13. The van der Waals surface area contributed by atoms with Crippen LogP contribution < -0.4 is 0 Å². The number of hydrogen-bond donors (Lipinski definition) is 0. The van der Waals surface area contributed by atoms with Gasteiger partial charge in [0.1, 0.15) is 13.2 Å². The number of unbranched alkanes of at least 4 members (excludes halogenated alkanes) is 18. The van der Waals surface area contributed by atoms with Crippen molar-refractivity contribution in [2.75, 3.05) is 13.2 Å². The number of carbonyl (C=O) groups is 3. The van der Waals surface area contributed by atoms with E-state index in [0.717, 1.165) is 167 Å². The molecule has 6 nitrogen and oxygen atoms in total. The van der Waals surface area contributed by atoms with Crippen LogP contribution in [0.25, 0.3) is 0 Å². The molecule has 0 saturated heterocycles. The highest BCUT2D eigenvalue weighted by atomic mass is 16.6. The maximum absolute atomic E-state index is 12.9. The quantitative estimate of drug-likeness (QED) is 0.0261. The number of allylic oxidation sites excluding steroid dienone is 26. The Morgan fingerprint density at radius 3 is 0.859 bits per heavy atom. The van der Waals surface area contributed by atoms with Crippen LogP contribution in [0.5, 0.6) is 0 Å². The second kappa shape index (κ2) is 64.6. The van der Waals surface area contributed by atoms with E-state index in [9.17, 15) is 14.4 Å². The van der Waals surface area contributed by atoms with Crippen LogP contribution in [0, 0.1) is 0 Å². The van der Waals surface area contributed by atoms with E-state index in [1.807, 2.05) is 0 Å². The molecule has 0 aromatic carbocycles. The standard InChI is InChI=1S/C72H114O6/c1-4-7-10-13-16-19-22-24-26-28-30-31-32-33-34-35-36-37-38-39-40-41-43-44-46-48-50-53-56-59-62-65-71(74)77-68-69(67-76-70(73)64-61-58-55-52-21-18-15-12-9-6-3)78-72(75)66-63-60-57-54-51-49-47-45-42-29-27-25-23-20-17-14-11-8-5-2/h7,10,12,15-17,19-20,24-27,30-31,33-34,36-37,39-40,42-45,48,50,69H,4-6,8-9,11,13-14,18,21-23,28-29,32,35,38,41,46-47,49,51-68H2,1-3H3/b10-7-,15-12-,19-16-,20-17-,26-24-,27-25-,31-30-,34-33-,37-36-,40-39-,44-43-,45-42-,50-48-. The molecule has 0 heterocycles. The van der Waals surface area contributed by atoms with Crippen molar-refractivity contribution in [3.8, 4) is 0 Å². The number of esters is 3. The fourth-order valence-corrected chi connectivity index (χ4v) is 8.03. The maximum atomic E-state index is 12.9. The lowest BCUT2D eigenvalue weighted by molar-refractivity contribution is -0.167. The molecule has 1 unspecified atom stereocenters. The average Bonchev–Trinajstić information content (AvgIpc) is 3.44. The number of carbonyl (C=O) groups excluding carboxylic acids is 3. The van der Waals surface area contributed by atoms with Crippen LogP contribution >= 0.6 is 0 Å². The maximum Gasteiger partial charge on any atom is 0.306 e. The fraction of sp³-hybridized carbons (Fsp3) is 0.597. The average molecular weight is 1080 g/mol. The van der Waals surface area contributed by atoms with Crippen molar-refractivity contribution >= 4 is 17.9 Å². The Labute approximate surface area is 480 Å². The SMILES string of the molecule is CC/C=C\C/C=C\C/C=C\C/C=C\C/C=C\C/C=C\C/C=C\C/C=C\C/C=C\CCCCCC(=O)OCC(COC(=O)CCCCCCC/C=C\CCC)OC(=O)CCCCCCCC/C=C\C/C=C\C/C=C\CCCCC. The predicted molar refractivity (Wildman–Crippen MR) is 338 cm³/mol. The first kappa shape index (κ1) is 73.0. The van der Waals surface area contributed by atoms with Crippen LogP contribution in [0.4, 0.5) is 0 Å². The molecule has 78 heavy (non-hydrogen) atoms. The molecule has 0 aromatic rings. The monoisotopic (exact) mass is 1070 g/mol. The first-order valence-corrected chi connectivity index (χ1v) is 31.5. The van der Waals surface area contributed by atoms with Crippen LogP contribution in [-0.4, -0.2) is 37.2 Å². The van der Waals surface area contributed by atoms with Gasteiger partial charge in [-0.2, -0.15) is 0 Å². The Kier molecular flexibility index (Phi) is 60.4. The lowest BCUT2D eigenvalue weighted by Gasteiger charge is -2.18. The molecule has 0 N–H and O–H groups in total. The normalized spacial score (nSPS) is 13.2. The summed E-state index contributed by atoms with van der Waals surface area (Å²) in [5.74, 6) is -0.967. The third-order valence-corrected chi connectivity index (χ3v) is 12.7. The molecule has 0 saturated carbocycles. The van der Waals surface area contributed by atoms with Gasteiger partial charge in [-0.15, -0.1) is 0 Å². The molecule has 0 aliphatic rings. The van der Waals surface area contributed by atoms with E-state index in [0.29, 0.717) is 19.3 Å². The molecular weight excluding hydrogens is 961 g/mol. The number of hydrogen-bond acceptors (Lipinski definition) is 6. The van der Waals surface area contributed by atoms with E-state index in [2.05, 4.69) is 179 Å². The molecule has 0 radical (unpaired) electrons. The van der Waals surface area contributed by atoms with Crippen molar-refractivity contribution in [2.24, 2.45) is 0 Å². The van der Waals surface area contributed by atoms with Crippen molar-refractivity contribution in [1.82, 2.24) is 0 Å². The van der Waals surface area contributed by atoms with Gasteiger partial charge in [-0.05, 0) is 148 Å². The summed E-state index contributed by atoms with van der Waals surface area (Å²) in [4.78, 5) is 38.2. The summed E-state index contributed by atoms with van der Waals surface area (Å²) < 4.78 is 16.8. The van der Waals surface area contributed by atoms with E-state index >= 15 is 0 Å². The Morgan fingerprint density at radius 1 is 0.269 bits per heavy atom. The molecule has 6 heteroatoms. The molecule has 0 spiro atoms. The van der Waals surface area contributed by atoms with Gasteiger partial charge in [-0.3, -0.25) is 14.4 Å². The van der Waals surface area contributed by atoms with Gasteiger partial charge < -0.3 is 14.2 Å². The topological polar surface area (TPSA) is 78.9 Å². The number of rotatable bonds is 55. The Hall–Kier alpha value is -4.97. The van der Waals surface area contributed by atoms with Gasteiger partial charge in [0.2, 0.25) is 0 Å². The van der Waals surface area contributed by atoms with Gasteiger partial charge in [-0.1, -0.05) is 249 Å². The minimum atomic E-state index is -0.810. The first-order chi connectivity index (χ1) is 38.5. The lowest BCUT2D eigenvalue weighted by atomic mass is 10.1. The molecular formula is C72H114O6. The van der Waals surface area contributed by atoms with Gasteiger partial charge in [0, 0.05) is 19.3 Å². The van der Waals surface area contributed by atoms with Gasteiger partial charge >= 0.3 is 17.9 Å². The summed E-state index contributed by atoms with van der Waals surface area (Å²) in [5.41, 5.74) is 0. The van der Waals surface area contributed by atoms with Gasteiger partial charge in [0.05, 0.1) is 0 Å². The van der Waals surface area contributed by atoms with Crippen molar-refractivity contribution in [1.29, 1.82) is 0 Å². The van der Waals surface area contributed by atoms with Gasteiger partial charge in [0.15, 0.2) is 6.10 Å². The Bertz CT molecular complexity index is 1760. The van der Waals surface area contributed by atoms with E-state index in [-0.39, 0.29) is 31.1 Å². The van der Waals surface area contributed by atoms with Crippen molar-refractivity contribution in [3.63, 3.8) is 0 Å². The number of ether oxygens (including phenoxy) is 3. The molecule has 0 fully saturated rings. The van der Waals surface area contributed by atoms with E-state index in [4.69, 9.17) is 14.2 Å². The molecule has 0 aromatic heterocycles. The second-order valence-corrected chi connectivity index (χ2v) is 20.2. The first-order valence-electron chi connectivity index (χ1n) is 31.5. The van der Waals surface area contributed by atoms with Crippen LogP contribution in [0.15, 0.2) is 158 Å². The zero-order chi connectivity index (χ0) is 56.4. The minimum Gasteiger partial charge on any atom is -0.462 e. The van der Waals surface area contributed by atoms with E-state index in [1.165, 1.54) is 51.4 Å². The summed E-state index contributed by atoms with van der Waals surface area (Å²) in [6, 6.07) is 0. The van der Waals surface area contributed by atoms with Crippen LogP contribution in [0.2, 0.25) is 0 Å². The smallest absolute Gasteiger partial charge is 0.306 e. The van der Waals surface area contributed by atoms with Crippen molar-refractivity contribution in [2.45, 2.75) is 264 Å². The summed E-state index contributed by atoms with van der Waals surface area (Å²) in [5, 5.41) is 0. The van der Waals surface area contributed by atoms with E-state index in [1.54, 1.807) is 0 Å². The predicted octanol–water partition coefficient (Wildman–Crippen LogP) is 21.7. The Balaban J connectivity index is 4.38. The fourth-order valence-electron chi connectivity index (χ4n) is 8.03. The molecule has 0 aliphatic carbocycles. The molecule has 1 atom stereocenters. The van der Waals surface area contributed by atoms with Gasteiger partial charge in [0.25, 0.3) is 0 Å².